The first-order valence-corrected chi connectivity index (χ1v) is 4.24. The molecule has 11 heavy (non-hydrogen) atoms. The maximum absolute atomic E-state index is 13.0. The first-order chi connectivity index (χ1) is 5.17. The number of hydrogen-bond acceptors (Lipinski definition) is 1. The third-order valence-electron chi connectivity index (χ3n) is 2.43. The van der Waals surface area contributed by atoms with Gasteiger partial charge in [0, 0.05) is 12.3 Å². The van der Waals surface area contributed by atoms with E-state index in [0.29, 0.717) is 12.8 Å². The van der Waals surface area contributed by atoms with Crippen LogP contribution in [-0.4, -0.2) is 12.5 Å². The Hall–Kier alpha value is -0.180. The largest absolute Gasteiger partial charge is 0.330 e. The summed E-state index contributed by atoms with van der Waals surface area (Å²) in [5.41, 5.74) is 5.10. The molecule has 0 unspecified atom stereocenters. The van der Waals surface area contributed by atoms with E-state index in [0.717, 1.165) is 12.8 Å². The van der Waals surface area contributed by atoms with Crippen LogP contribution in [0.15, 0.2) is 0 Å². The Labute approximate surface area is 66.0 Å². The number of halogens is 2. The average molecular weight is 163 g/mol. The molecule has 0 amide bonds. The lowest BCUT2D eigenvalue weighted by atomic mass is 9.97. The van der Waals surface area contributed by atoms with E-state index < -0.39 is 5.92 Å². The Bertz CT molecular complexity index is 119. The van der Waals surface area contributed by atoms with Gasteiger partial charge in [-0.25, -0.2) is 8.78 Å². The van der Waals surface area contributed by atoms with E-state index in [1.807, 2.05) is 0 Å². The van der Waals surface area contributed by atoms with E-state index in [1.165, 1.54) is 0 Å². The van der Waals surface area contributed by atoms with Gasteiger partial charge in [-0.15, -0.1) is 0 Å². The Balaban J connectivity index is 2.41. The highest BCUT2D eigenvalue weighted by molar-refractivity contribution is 4.81. The summed E-state index contributed by atoms with van der Waals surface area (Å²) in [6, 6.07) is 0. The Morgan fingerprint density at radius 3 is 2.27 bits per heavy atom. The molecular formula is C8H15F2N. The highest BCUT2D eigenvalue weighted by Crippen LogP contribution is 2.39. The van der Waals surface area contributed by atoms with Crippen LogP contribution in [-0.2, 0) is 0 Å². The van der Waals surface area contributed by atoms with Crippen molar-refractivity contribution >= 4 is 0 Å². The van der Waals surface area contributed by atoms with Crippen molar-refractivity contribution in [1.82, 2.24) is 0 Å². The SMILES string of the molecule is NCCC(F)(F)C1CCCC1. The second-order valence-electron chi connectivity index (χ2n) is 3.28. The highest BCUT2D eigenvalue weighted by Gasteiger charge is 2.39. The van der Waals surface area contributed by atoms with Crippen LogP contribution in [0.1, 0.15) is 32.1 Å². The summed E-state index contributed by atoms with van der Waals surface area (Å²) in [6.07, 6.45) is 3.16. The van der Waals surface area contributed by atoms with Gasteiger partial charge in [0.25, 0.3) is 5.92 Å². The van der Waals surface area contributed by atoms with E-state index >= 15 is 0 Å². The average Bonchev–Trinajstić information content (AvgIpc) is 2.37. The van der Waals surface area contributed by atoms with Gasteiger partial charge in [0.2, 0.25) is 0 Å². The van der Waals surface area contributed by atoms with Crippen LogP contribution in [0, 0.1) is 5.92 Å². The summed E-state index contributed by atoms with van der Waals surface area (Å²) in [4.78, 5) is 0. The van der Waals surface area contributed by atoms with E-state index in [-0.39, 0.29) is 18.9 Å². The lowest BCUT2D eigenvalue weighted by Gasteiger charge is -2.21. The summed E-state index contributed by atoms with van der Waals surface area (Å²) < 4.78 is 26.1. The van der Waals surface area contributed by atoms with Gasteiger partial charge in [-0.3, -0.25) is 0 Å². The fourth-order valence-electron chi connectivity index (χ4n) is 1.74. The lowest BCUT2D eigenvalue weighted by Crippen LogP contribution is -2.29. The molecule has 0 atom stereocenters. The normalized spacial score (nSPS) is 21.0. The maximum atomic E-state index is 13.0. The molecule has 1 saturated carbocycles. The fourth-order valence-corrected chi connectivity index (χ4v) is 1.74. The molecule has 0 heterocycles. The van der Waals surface area contributed by atoms with Crippen molar-refractivity contribution < 1.29 is 8.78 Å². The van der Waals surface area contributed by atoms with Crippen LogP contribution in [0.2, 0.25) is 0 Å². The van der Waals surface area contributed by atoms with Gasteiger partial charge in [-0.2, -0.15) is 0 Å². The molecule has 2 N–H and O–H groups in total. The van der Waals surface area contributed by atoms with Gasteiger partial charge in [0.05, 0.1) is 0 Å². The zero-order valence-electron chi connectivity index (χ0n) is 6.65. The molecule has 1 nitrogen and oxygen atoms in total. The highest BCUT2D eigenvalue weighted by atomic mass is 19.3. The zero-order chi connectivity index (χ0) is 8.32. The number of nitrogens with two attached hydrogens (primary N) is 1. The second kappa shape index (κ2) is 3.48. The van der Waals surface area contributed by atoms with Crippen molar-refractivity contribution in [1.29, 1.82) is 0 Å². The minimum atomic E-state index is -2.49. The molecule has 0 spiro atoms. The first-order valence-electron chi connectivity index (χ1n) is 4.24. The fraction of sp³-hybridized carbons (Fsp3) is 1.00. The van der Waals surface area contributed by atoms with Gasteiger partial charge in [0.15, 0.2) is 0 Å². The van der Waals surface area contributed by atoms with Crippen molar-refractivity contribution in [2.75, 3.05) is 6.54 Å². The van der Waals surface area contributed by atoms with Gasteiger partial charge in [-0.05, 0) is 19.4 Å². The summed E-state index contributed by atoms with van der Waals surface area (Å²) in [6.45, 7) is 0.101. The molecule has 0 aliphatic heterocycles. The monoisotopic (exact) mass is 163 g/mol. The molecule has 1 rings (SSSR count). The molecule has 0 saturated heterocycles. The zero-order valence-corrected chi connectivity index (χ0v) is 6.65. The Morgan fingerprint density at radius 2 is 1.82 bits per heavy atom. The molecule has 0 aromatic heterocycles. The molecule has 66 valence electrons. The van der Waals surface area contributed by atoms with Crippen LogP contribution in [0.25, 0.3) is 0 Å². The molecule has 1 aliphatic carbocycles. The van der Waals surface area contributed by atoms with Crippen molar-refractivity contribution in [3.63, 3.8) is 0 Å². The Kier molecular flexibility index (Phi) is 2.82. The van der Waals surface area contributed by atoms with Gasteiger partial charge >= 0.3 is 0 Å². The molecule has 3 heteroatoms. The minimum absolute atomic E-state index is 0.101. The van der Waals surface area contributed by atoms with Crippen LogP contribution < -0.4 is 5.73 Å². The first kappa shape index (κ1) is 8.91. The topological polar surface area (TPSA) is 26.0 Å². The predicted octanol–water partition coefficient (Wildman–Crippen LogP) is 2.16. The van der Waals surface area contributed by atoms with Crippen molar-refractivity contribution in [2.24, 2.45) is 11.7 Å². The quantitative estimate of drug-likeness (QED) is 0.677. The van der Waals surface area contributed by atoms with Gasteiger partial charge in [0.1, 0.15) is 0 Å². The summed E-state index contributed by atoms with van der Waals surface area (Å²) >= 11 is 0. The van der Waals surface area contributed by atoms with E-state index in [1.54, 1.807) is 0 Å². The van der Waals surface area contributed by atoms with Gasteiger partial charge in [-0.1, -0.05) is 12.8 Å². The smallest absolute Gasteiger partial charge is 0.252 e. The van der Waals surface area contributed by atoms with Crippen molar-refractivity contribution in [2.45, 2.75) is 38.0 Å². The third-order valence-corrected chi connectivity index (χ3v) is 2.43. The lowest BCUT2D eigenvalue weighted by molar-refractivity contribution is -0.0605. The van der Waals surface area contributed by atoms with E-state index in [2.05, 4.69) is 0 Å². The van der Waals surface area contributed by atoms with Crippen molar-refractivity contribution in [3.05, 3.63) is 0 Å². The molecule has 1 fully saturated rings. The minimum Gasteiger partial charge on any atom is -0.330 e. The van der Waals surface area contributed by atoms with Crippen LogP contribution in [0.5, 0.6) is 0 Å². The number of alkyl halides is 2. The maximum Gasteiger partial charge on any atom is 0.252 e. The number of hydrogen-bond donors (Lipinski definition) is 1. The van der Waals surface area contributed by atoms with Crippen LogP contribution >= 0.6 is 0 Å². The third kappa shape index (κ3) is 2.12. The summed E-state index contributed by atoms with van der Waals surface area (Å²) in [5.74, 6) is -2.88. The Morgan fingerprint density at radius 1 is 1.27 bits per heavy atom. The standard InChI is InChI=1S/C8H15F2N/c9-8(10,5-6-11)7-3-1-2-4-7/h7H,1-6,11H2. The molecule has 0 aromatic carbocycles. The molecule has 0 aromatic rings. The molecule has 0 bridgehead atoms. The van der Waals surface area contributed by atoms with E-state index in [4.69, 9.17) is 5.73 Å². The molecule has 1 aliphatic rings. The molecular weight excluding hydrogens is 148 g/mol. The predicted molar refractivity (Wildman–Crippen MR) is 40.6 cm³/mol. The second-order valence-corrected chi connectivity index (χ2v) is 3.28. The van der Waals surface area contributed by atoms with E-state index in [9.17, 15) is 8.78 Å². The summed E-state index contributed by atoms with van der Waals surface area (Å²) in [5, 5.41) is 0. The van der Waals surface area contributed by atoms with Crippen LogP contribution in [0.3, 0.4) is 0 Å². The van der Waals surface area contributed by atoms with Gasteiger partial charge < -0.3 is 5.73 Å². The van der Waals surface area contributed by atoms with Crippen molar-refractivity contribution in [3.8, 4) is 0 Å². The molecule has 0 radical (unpaired) electrons. The number of rotatable bonds is 3. The summed E-state index contributed by atoms with van der Waals surface area (Å²) in [7, 11) is 0. The van der Waals surface area contributed by atoms with Crippen LogP contribution in [0.4, 0.5) is 8.78 Å².